The number of carbonyl (C=O) groups is 3. The largest absolute Gasteiger partial charge is 0.456 e. The quantitative estimate of drug-likeness (QED) is 0.236. The van der Waals surface area contributed by atoms with Crippen LogP contribution < -0.4 is 5.32 Å². The number of ether oxygens (including phenoxy) is 1. The number of amides is 2. The van der Waals surface area contributed by atoms with Gasteiger partial charge in [0.05, 0.1) is 27.3 Å². The number of benzene rings is 3. The van der Waals surface area contributed by atoms with Crippen LogP contribution in [-0.2, 0) is 14.3 Å². The van der Waals surface area contributed by atoms with Crippen LogP contribution in [0.5, 0.6) is 0 Å². The zero-order chi connectivity index (χ0) is 28.5. The van der Waals surface area contributed by atoms with Gasteiger partial charge in [-0.3, -0.25) is 9.59 Å². The molecule has 3 aromatic carbocycles. The number of nitrogens with one attached hydrogen (secondary N) is 1. The lowest BCUT2D eigenvalue weighted by Gasteiger charge is -2.36. The molecule has 9 heteroatoms. The van der Waals surface area contributed by atoms with Crippen molar-refractivity contribution in [1.82, 2.24) is 4.90 Å². The van der Waals surface area contributed by atoms with E-state index in [0.29, 0.717) is 26.6 Å². The fourth-order valence-corrected chi connectivity index (χ4v) is 5.46. The number of hydrogen-bond acceptors (Lipinski definition) is 4. The van der Waals surface area contributed by atoms with E-state index in [0.717, 1.165) is 23.1 Å². The molecule has 2 amide bonds. The lowest BCUT2D eigenvalue weighted by atomic mass is 9.76. The normalized spacial score (nSPS) is 16.7. The van der Waals surface area contributed by atoms with Crippen LogP contribution in [-0.4, -0.2) is 35.3 Å². The van der Waals surface area contributed by atoms with Crippen molar-refractivity contribution < 1.29 is 19.1 Å². The molecule has 6 nitrogen and oxygen atoms in total. The Morgan fingerprint density at radius 1 is 0.949 bits per heavy atom. The van der Waals surface area contributed by atoms with Crippen LogP contribution in [0.1, 0.15) is 72.6 Å². The van der Waals surface area contributed by atoms with Gasteiger partial charge in [-0.05, 0) is 96.6 Å². The van der Waals surface area contributed by atoms with Gasteiger partial charge in [-0.1, -0.05) is 53.5 Å². The third kappa shape index (κ3) is 6.65. The third-order valence-electron chi connectivity index (χ3n) is 6.64. The lowest BCUT2D eigenvalue weighted by Crippen LogP contribution is -2.41. The number of nitrogens with zero attached hydrogens (tertiary/aromatic N) is 1. The van der Waals surface area contributed by atoms with E-state index >= 15 is 0 Å². The van der Waals surface area contributed by atoms with Crippen molar-refractivity contribution in [2.24, 2.45) is 0 Å². The molecular weight excluding hydrogens is 603 g/mol. The third-order valence-corrected chi connectivity index (χ3v) is 8.07. The van der Waals surface area contributed by atoms with Crippen LogP contribution in [0.3, 0.4) is 0 Å². The number of halogens is 3. The Bertz CT molecular complexity index is 1440. The van der Waals surface area contributed by atoms with Gasteiger partial charge in [-0.15, -0.1) is 0 Å². The average Bonchev–Trinajstić information content (AvgIpc) is 2.89. The summed E-state index contributed by atoms with van der Waals surface area (Å²) in [5.41, 5.74) is 3.02. The summed E-state index contributed by atoms with van der Waals surface area (Å²) in [6, 6.07) is 18.0. The first kappa shape index (κ1) is 29.1. The van der Waals surface area contributed by atoms with Crippen molar-refractivity contribution in [2.75, 3.05) is 12.4 Å². The molecular formula is C30H29BrCl2N2O4. The van der Waals surface area contributed by atoms with Crippen LogP contribution in [0.4, 0.5) is 5.69 Å². The minimum Gasteiger partial charge on any atom is -0.456 e. The molecule has 0 unspecified atom stereocenters. The summed E-state index contributed by atoms with van der Waals surface area (Å²) in [6.07, 6.45) is 1.43. The smallest absolute Gasteiger partial charge is 0.338 e. The first-order valence-electron chi connectivity index (χ1n) is 12.5. The number of hydrogen-bond donors (Lipinski definition) is 1. The zero-order valence-electron chi connectivity index (χ0n) is 22.1. The molecule has 4 rings (SSSR count). The summed E-state index contributed by atoms with van der Waals surface area (Å²) in [5, 5.41) is 3.65. The molecule has 0 bridgehead atoms. The molecule has 0 saturated carbocycles. The Balaban J connectivity index is 1.53. The fraction of sp³-hybridized carbons (Fsp3) is 0.300. The summed E-state index contributed by atoms with van der Waals surface area (Å²) >= 11 is 15.8. The van der Waals surface area contributed by atoms with Gasteiger partial charge in [0, 0.05) is 17.4 Å². The number of carbonyl (C=O) groups excluding carboxylic acids is 3. The second kappa shape index (κ2) is 11.7. The van der Waals surface area contributed by atoms with Crippen molar-refractivity contribution in [3.05, 3.63) is 97.4 Å². The molecule has 39 heavy (non-hydrogen) atoms. The first-order valence-corrected chi connectivity index (χ1v) is 14.1. The first-order chi connectivity index (χ1) is 18.4. The minimum atomic E-state index is -0.802. The number of fused-ring (bicyclic) bond motifs is 1. The summed E-state index contributed by atoms with van der Waals surface area (Å²) < 4.78 is 5.95. The van der Waals surface area contributed by atoms with Crippen molar-refractivity contribution in [2.45, 2.75) is 51.2 Å². The Hall–Kier alpha value is -2.87. The highest BCUT2D eigenvalue weighted by Gasteiger charge is 2.34. The highest BCUT2D eigenvalue weighted by atomic mass is 79.9. The van der Waals surface area contributed by atoms with Gasteiger partial charge < -0.3 is 15.0 Å². The molecule has 1 aliphatic carbocycles. The maximum Gasteiger partial charge on any atom is 0.338 e. The number of esters is 1. The van der Waals surface area contributed by atoms with E-state index < -0.39 is 23.4 Å². The molecule has 1 aliphatic rings. The maximum absolute atomic E-state index is 13.3. The molecule has 0 heterocycles. The molecule has 204 valence electrons. The molecule has 0 spiro atoms. The fourth-order valence-electron chi connectivity index (χ4n) is 4.81. The zero-order valence-corrected chi connectivity index (χ0v) is 25.2. The van der Waals surface area contributed by atoms with Gasteiger partial charge in [0.2, 0.25) is 0 Å². The predicted molar refractivity (Wildman–Crippen MR) is 157 cm³/mol. The van der Waals surface area contributed by atoms with Crippen molar-refractivity contribution in [3.8, 4) is 0 Å². The van der Waals surface area contributed by atoms with E-state index in [9.17, 15) is 14.4 Å². The lowest BCUT2D eigenvalue weighted by molar-refractivity contribution is -0.144. The van der Waals surface area contributed by atoms with Crippen molar-refractivity contribution in [3.63, 3.8) is 0 Å². The Kier molecular flexibility index (Phi) is 8.74. The SMILES string of the molecule is CN(C(=O)C(=O)Nc1cc(C(=O)OC(C)(C)C)ccc1Br)[C@H]1CC[C@@H](c2ccc(Cl)c(Cl)c2)c2ccccc21. The second-order valence-electron chi connectivity index (χ2n) is 10.5. The highest BCUT2D eigenvalue weighted by molar-refractivity contribution is 9.10. The van der Waals surface area contributed by atoms with Crippen molar-refractivity contribution >= 4 is 62.6 Å². The molecule has 3 aromatic rings. The highest BCUT2D eigenvalue weighted by Crippen LogP contribution is 2.44. The van der Waals surface area contributed by atoms with E-state index in [1.165, 1.54) is 11.0 Å². The van der Waals surface area contributed by atoms with Gasteiger partial charge in [0.1, 0.15) is 5.60 Å². The van der Waals surface area contributed by atoms with Gasteiger partial charge in [0.25, 0.3) is 0 Å². The molecule has 1 N–H and O–H groups in total. The molecule has 2 atom stereocenters. The number of likely N-dealkylation sites (N-methyl/N-ethyl adjacent to an activating group) is 1. The minimum absolute atomic E-state index is 0.0936. The summed E-state index contributed by atoms with van der Waals surface area (Å²) in [4.78, 5) is 40.3. The van der Waals surface area contributed by atoms with Gasteiger partial charge in [-0.2, -0.15) is 0 Å². The van der Waals surface area contributed by atoms with Crippen LogP contribution in [0.15, 0.2) is 65.1 Å². The van der Waals surface area contributed by atoms with Crippen LogP contribution in [0.2, 0.25) is 10.0 Å². The van der Waals surface area contributed by atoms with E-state index in [1.807, 2.05) is 36.4 Å². The maximum atomic E-state index is 13.3. The average molecular weight is 632 g/mol. The van der Waals surface area contributed by atoms with E-state index in [2.05, 4.69) is 21.2 Å². The number of anilines is 1. The van der Waals surface area contributed by atoms with Crippen molar-refractivity contribution in [1.29, 1.82) is 0 Å². The van der Waals surface area contributed by atoms with Gasteiger partial charge in [-0.25, -0.2) is 4.79 Å². The van der Waals surface area contributed by atoms with E-state index in [4.69, 9.17) is 27.9 Å². The summed E-state index contributed by atoms with van der Waals surface area (Å²) in [6.45, 7) is 5.32. The van der Waals surface area contributed by atoms with Crippen LogP contribution in [0.25, 0.3) is 0 Å². The predicted octanol–water partition coefficient (Wildman–Crippen LogP) is 7.78. The van der Waals surface area contributed by atoms with E-state index in [1.54, 1.807) is 46.0 Å². The molecule has 0 aliphatic heterocycles. The summed E-state index contributed by atoms with van der Waals surface area (Å²) in [5.74, 6) is -1.92. The van der Waals surface area contributed by atoms with Gasteiger partial charge >= 0.3 is 17.8 Å². The van der Waals surface area contributed by atoms with E-state index in [-0.39, 0.29) is 17.5 Å². The van der Waals surface area contributed by atoms with Gasteiger partial charge in [0.15, 0.2) is 0 Å². The molecule has 0 fully saturated rings. The topological polar surface area (TPSA) is 75.7 Å². The number of rotatable bonds is 4. The summed E-state index contributed by atoms with van der Waals surface area (Å²) in [7, 11) is 1.63. The molecule has 0 radical (unpaired) electrons. The Morgan fingerprint density at radius 2 is 1.64 bits per heavy atom. The van der Waals surface area contributed by atoms with Crippen LogP contribution >= 0.6 is 39.1 Å². The molecule has 0 saturated heterocycles. The standard InChI is InChI=1S/C30H29BrCl2N2O4/c1-30(2,3)39-29(38)18-9-12-22(31)25(16-18)34-27(36)28(37)35(4)26-14-11-19(20-7-5-6-8-21(20)26)17-10-13-23(32)24(33)15-17/h5-10,12-13,15-16,19,26H,11,14H2,1-4H3,(H,34,36)/t19-,26-/m0/s1. The monoisotopic (exact) mass is 630 g/mol. The Morgan fingerprint density at radius 3 is 2.31 bits per heavy atom. The Labute approximate surface area is 246 Å². The molecule has 0 aromatic heterocycles. The van der Waals surface area contributed by atoms with Crippen LogP contribution in [0, 0.1) is 0 Å². The second-order valence-corrected chi connectivity index (χ2v) is 12.2.